The molecule has 14 heavy (non-hydrogen) atoms. The van der Waals surface area contributed by atoms with E-state index >= 15 is 0 Å². The highest BCUT2D eigenvalue weighted by Crippen LogP contribution is 2.30. The molecule has 1 aliphatic heterocycles. The Kier molecular flexibility index (Phi) is 3.48. The zero-order chi connectivity index (χ0) is 9.97. The lowest BCUT2D eigenvalue weighted by atomic mass is 9.85. The van der Waals surface area contributed by atoms with Crippen LogP contribution in [0.2, 0.25) is 0 Å². The Morgan fingerprint density at radius 3 is 2.21 bits per heavy atom. The van der Waals surface area contributed by atoms with Crippen molar-refractivity contribution in [3.63, 3.8) is 0 Å². The number of hydrogen-bond donors (Lipinski definition) is 0. The summed E-state index contributed by atoms with van der Waals surface area (Å²) in [7, 11) is 0. The summed E-state index contributed by atoms with van der Waals surface area (Å²) in [6.45, 7) is 6.22. The van der Waals surface area contributed by atoms with E-state index in [0.29, 0.717) is 0 Å². The highest BCUT2D eigenvalue weighted by molar-refractivity contribution is 4.83. The van der Waals surface area contributed by atoms with Crippen molar-refractivity contribution in [3.05, 3.63) is 0 Å². The zero-order valence-corrected chi connectivity index (χ0v) is 9.84. The van der Waals surface area contributed by atoms with Crippen LogP contribution in [-0.2, 0) is 0 Å². The van der Waals surface area contributed by atoms with Crippen LogP contribution in [0.1, 0.15) is 58.8 Å². The smallest absolute Gasteiger partial charge is 0.00982 e. The molecular formula is C13H25N. The minimum absolute atomic E-state index is 0.863. The van der Waals surface area contributed by atoms with Crippen molar-refractivity contribution in [2.24, 2.45) is 5.92 Å². The van der Waals surface area contributed by atoms with Crippen LogP contribution >= 0.6 is 0 Å². The van der Waals surface area contributed by atoms with Crippen molar-refractivity contribution in [1.29, 1.82) is 0 Å². The number of rotatable bonds is 1. The van der Waals surface area contributed by atoms with Gasteiger partial charge in [-0.3, -0.25) is 4.90 Å². The molecule has 0 amide bonds. The molecule has 0 aromatic heterocycles. The molecule has 0 bridgehead atoms. The quantitative estimate of drug-likeness (QED) is 0.619. The number of nitrogens with zero attached hydrogens (tertiary/aromatic N) is 1. The van der Waals surface area contributed by atoms with Crippen LogP contribution < -0.4 is 0 Å². The largest absolute Gasteiger partial charge is 0.298 e. The summed E-state index contributed by atoms with van der Waals surface area (Å²) in [5, 5.41) is 0. The molecule has 0 N–H and O–H groups in total. The maximum atomic E-state index is 2.80. The van der Waals surface area contributed by atoms with Gasteiger partial charge in [-0.2, -0.15) is 0 Å². The molecule has 82 valence electrons. The molecule has 1 aliphatic carbocycles. The lowest BCUT2D eigenvalue weighted by molar-refractivity contribution is 0.0731. The molecule has 1 nitrogen and oxygen atoms in total. The SMILES string of the molecule is CC1CCC(N2CCCCC2C)CC1. The van der Waals surface area contributed by atoms with E-state index in [1.54, 1.807) is 0 Å². The van der Waals surface area contributed by atoms with Crippen molar-refractivity contribution in [2.45, 2.75) is 70.9 Å². The summed E-state index contributed by atoms with van der Waals surface area (Å²) in [6.07, 6.45) is 10.2. The van der Waals surface area contributed by atoms with Gasteiger partial charge in [-0.05, 0) is 57.9 Å². The molecule has 1 heterocycles. The predicted octanol–water partition coefficient (Wildman–Crippen LogP) is 3.44. The first kappa shape index (κ1) is 10.5. The fourth-order valence-corrected chi connectivity index (χ4v) is 3.24. The normalized spacial score (nSPS) is 41.1. The third-order valence-corrected chi connectivity index (χ3v) is 4.31. The molecule has 2 aliphatic rings. The first-order valence-corrected chi connectivity index (χ1v) is 6.53. The topological polar surface area (TPSA) is 3.24 Å². The van der Waals surface area contributed by atoms with Crippen LogP contribution in [0.3, 0.4) is 0 Å². The van der Waals surface area contributed by atoms with Crippen LogP contribution in [0.5, 0.6) is 0 Å². The van der Waals surface area contributed by atoms with Crippen LogP contribution in [0.4, 0.5) is 0 Å². The predicted molar refractivity (Wildman–Crippen MR) is 61.4 cm³/mol. The third kappa shape index (κ3) is 2.31. The molecule has 1 heteroatoms. The van der Waals surface area contributed by atoms with Crippen LogP contribution in [0.25, 0.3) is 0 Å². The van der Waals surface area contributed by atoms with Crippen LogP contribution in [0.15, 0.2) is 0 Å². The number of hydrogen-bond acceptors (Lipinski definition) is 1. The van der Waals surface area contributed by atoms with E-state index < -0.39 is 0 Å². The Labute approximate surface area is 88.9 Å². The van der Waals surface area contributed by atoms with Gasteiger partial charge in [0.15, 0.2) is 0 Å². The van der Waals surface area contributed by atoms with Gasteiger partial charge in [-0.15, -0.1) is 0 Å². The van der Waals surface area contributed by atoms with E-state index in [1.165, 1.54) is 51.5 Å². The van der Waals surface area contributed by atoms with Gasteiger partial charge in [0.2, 0.25) is 0 Å². The molecule has 1 atom stereocenters. The maximum absolute atomic E-state index is 2.80. The molecule has 1 unspecified atom stereocenters. The summed E-state index contributed by atoms with van der Waals surface area (Å²) < 4.78 is 0. The van der Waals surface area contributed by atoms with Crippen molar-refractivity contribution in [1.82, 2.24) is 4.90 Å². The van der Waals surface area contributed by atoms with Gasteiger partial charge >= 0.3 is 0 Å². The van der Waals surface area contributed by atoms with Crippen molar-refractivity contribution in [2.75, 3.05) is 6.54 Å². The summed E-state index contributed by atoms with van der Waals surface area (Å²) in [6, 6.07) is 1.80. The molecule has 0 radical (unpaired) electrons. The monoisotopic (exact) mass is 195 g/mol. The zero-order valence-electron chi connectivity index (χ0n) is 9.84. The first-order chi connectivity index (χ1) is 6.77. The highest BCUT2D eigenvalue weighted by atomic mass is 15.2. The summed E-state index contributed by atoms with van der Waals surface area (Å²) in [5.74, 6) is 0.992. The Hall–Kier alpha value is -0.0400. The van der Waals surface area contributed by atoms with E-state index in [-0.39, 0.29) is 0 Å². The van der Waals surface area contributed by atoms with E-state index in [4.69, 9.17) is 0 Å². The van der Waals surface area contributed by atoms with Gasteiger partial charge in [0.25, 0.3) is 0 Å². The van der Waals surface area contributed by atoms with Gasteiger partial charge in [0.05, 0.1) is 0 Å². The second-order valence-corrected chi connectivity index (χ2v) is 5.50. The molecule has 2 fully saturated rings. The maximum Gasteiger partial charge on any atom is 0.00982 e. The molecule has 1 saturated heterocycles. The third-order valence-electron chi connectivity index (χ3n) is 4.31. The fourth-order valence-electron chi connectivity index (χ4n) is 3.24. The molecular weight excluding hydrogens is 170 g/mol. The minimum atomic E-state index is 0.863. The molecule has 2 rings (SSSR count). The fraction of sp³-hybridized carbons (Fsp3) is 1.00. The second-order valence-electron chi connectivity index (χ2n) is 5.50. The lowest BCUT2D eigenvalue weighted by Gasteiger charge is -2.42. The number of likely N-dealkylation sites (tertiary alicyclic amines) is 1. The summed E-state index contributed by atoms with van der Waals surface area (Å²) >= 11 is 0. The van der Waals surface area contributed by atoms with Crippen molar-refractivity contribution >= 4 is 0 Å². The van der Waals surface area contributed by atoms with Crippen LogP contribution in [-0.4, -0.2) is 23.5 Å². The minimum Gasteiger partial charge on any atom is -0.298 e. The average molecular weight is 195 g/mol. The van der Waals surface area contributed by atoms with E-state index in [9.17, 15) is 0 Å². The van der Waals surface area contributed by atoms with Crippen molar-refractivity contribution in [3.8, 4) is 0 Å². The Morgan fingerprint density at radius 2 is 1.57 bits per heavy atom. The van der Waals surface area contributed by atoms with Crippen molar-refractivity contribution < 1.29 is 0 Å². The van der Waals surface area contributed by atoms with E-state index in [2.05, 4.69) is 18.7 Å². The molecule has 0 aromatic carbocycles. The van der Waals surface area contributed by atoms with Gasteiger partial charge in [0.1, 0.15) is 0 Å². The molecule has 0 aromatic rings. The number of piperidine rings is 1. The molecule has 1 saturated carbocycles. The Bertz CT molecular complexity index is 170. The molecule has 0 spiro atoms. The lowest BCUT2D eigenvalue weighted by Crippen LogP contribution is -2.46. The average Bonchev–Trinajstić information content (AvgIpc) is 2.20. The van der Waals surface area contributed by atoms with Crippen LogP contribution in [0, 0.1) is 5.92 Å². The van der Waals surface area contributed by atoms with E-state index in [0.717, 1.165) is 18.0 Å². The first-order valence-electron chi connectivity index (χ1n) is 6.53. The highest BCUT2D eigenvalue weighted by Gasteiger charge is 2.28. The van der Waals surface area contributed by atoms with Gasteiger partial charge < -0.3 is 0 Å². The van der Waals surface area contributed by atoms with Gasteiger partial charge in [-0.25, -0.2) is 0 Å². The Morgan fingerprint density at radius 1 is 0.857 bits per heavy atom. The standard InChI is InChI=1S/C13H25N/c1-11-6-8-13(9-7-11)14-10-4-3-5-12(14)2/h11-13H,3-10H2,1-2H3. The summed E-state index contributed by atoms with van der Waals surface area (Å²) in [4.78, 5) is 2.80. The van der Waals surface area contributed by atoms with Gasteiger partial charge in [0, 0.05) is 12.1 Å². The van der Waals surface area contributed by atoms with Gasteiger partial charge in [-0.1, -0.05) is 13.3 Å². The Balaban J connectivity index is 1.87. The summed E-state index contributed by atoms with van der Waals surface area (Å²) in [5.41, 5.74) is 0. The second kappa shape index (κ2) is 4.65. The van der Waals surface area contributed by atoms with E-state index in [1.807, 2.05) is 0 Å².